The van der Waals surface area contributed by atoms with Gasteiger partial charge >= 0.3 is 0 Å². The highest BCUT2D eigenvalue weighted by molar-refractivity contribution is 6.35. The molecule has 0 fully saturated rings. The molecule has 0 unspecified atom stereocenters. The Balaban J connectivity index is 1.80. The van der Waals surface area contributed by atoms with Crippen LogP contribution < -0.4 is 10.6 Å². The van der Waals surface area contributed by atoms with Crippen molar-refractivity contribution in [3.8, 4) is 6.07 Å². The van der Waals surface area contributed by atoms with E-state index >= 15 is 0 Å². The number of amides is 1. The first-order chi connectivity index (χ1) is 12.5. The van der Waals surface area contributed by atoms with E-state index in [1.54, 1.807) is 48.7 Å². The van der Waals surface area contributed by atoms with E-state index < -0.39 is 0 Å². The highest BCUT2D eigenvalue weighted by Gasteiger charge is 2.10. The lowest BCUT2D eigenvalue weighted by molar-refractivity contribution is 0.102. The van der Waals surface area contributed by atoms with Crippen LogP contribution in [-0.2, 0) is 0 Å². The van der Waals surface area contributed by atoms with Gasteiger partial charge < -0.3 is 10.6 Å². The number of nitrogens with one attached hydrogen (secondary N) is 2. The molecule has 0 aliphatic heterocycles. The van der Waals surface area contributed by atoms with Gasteiger partial charge in [-0.05, 0) is 36.4 Å². The SMILES string of the molecule is N#Cc1ccccc1Nc1cncc(C(=O)Nc2cc(Cl)cc(Cl)c2)c1. The number of rotatable bonds is 4. The van der Waals surface area contributed by atoms with E-state index in [1.807, 2.05) is 6.07 Å². The Labute approximate surface area is 160 Å². The van der Waals surface area contributed by atoms with E-state index in [-0.39, 0.29) is 5.91 Å². The highest BCUT2D eigenvalue weighted by Crippen LogP contribution is 2.24. The summed E-state index contributed by atoms with van der Waals surface area (Å²) in [7, 11) is 0. The minimum atomic E-state index is -0.354. The zero-order valence-electron chi connectivity index (χ0n) is 13.3. The van der Waals surface area contributed by atoms with Gasteiger partial charge in [0.05, 0.1) is 28.7 Å². The van der Waals surface area contributed by atoms with Crippen molar-refractivity contribution < 1.29 is 4.79 Å². The Morgan fingerprint density at radius 1 is 1.00 bits per heavy atom. The fraction of sp³-hybridized carbons (Fsp3) is 0. The smallest absolute Gasteiger partial charge is 0.257 e. The molecule has 0 spiro atoms. The minimum absolute atomic E-state index is 0.348. The quantitative estimate of drug-likeness (QED) is 0.645. The van der Waals surface area contributed by atoms with Crippen molar-refractivity contribution >= 4 is 46.2 Å². The van der Waals surface area contributed by atoms with Crippen molar-refractivity contribution in [1.29, 1.82) is 5.26 Å². The molecule has 3 rings (SSSR count). The summed E-state index contributed by atoms with van der Waals surface area (Å²) >= 11 is 11.9. The molecule has 2 N–H and O–H groups in total. The molecule has 3 aromatic rings. The maximum Gasteiger partial charge on any atom is 0.257 e. The lowest BCUT2D eigenvalue weighted by Crippen LogP contribution is -2.12. The van der Waals surface area contributed by atoms with Crippen LogP contribution in [0.3, 0.4) is 0 Å². The molecule has 1 heterocycles. The predicted octanol–water partition coefficient (Wildman–Crippen LogP) is 5.26. The molecular weight excluding hydrogens is 371 g/mol. The van der Waals surface area contributed by atoms with Gasteiger partial charge in [-0.15, -0.1) is 0 Å². The topological polar surface area (TPSA) is 77.8 Å². The lowest BCUT2D eigenvalue weighted by atomic mass is 10.2. The average molecular weight is 383 g/mol. The van der Waals surface area contributed by atoms with Gasteiger partial charge in [0.15, 0.2) is 0 Å². The van der Waals surface area contributed by atoms with Crippen LogP contribution in [0, 0.1) is 11.3 Å². The van der Waals surface area contributed by atoms with Crippen LogP contribution in [0.15, 0.2) is 60.9 Å². The number of anilines is 3. The summed E-state index contributed by atoms with van der Waals surface area (Å²) in [6.07, 6.45) is 3.02. The van der Waals surface area contributed by atoms with Gasteiger partial charge in [0.2, 0.25) is 0 Å². The molecule has 7 heteroatoms. The second-order valence-electron chi connectivity index (χ2n) is 5.36. The van der Waals surface area contributed by atoms with Crippen LogP contribution in [0.25, 0.3) is 0 Å². The van der Waals surface area contributed by atoms with E-state index in [0.29, 0.717) is 38.2 Å². The zero-order chi connectivity index (χ0) is 18.5. The minimum Gasteiger partial charge on any atom is -0.353 e. The fourth-order valence-electron chi connectivity index (χ4n) is 2.31. The van der Waals surface area contributed by atoms with Crippen LogP contribution in [0.4, 0.5) is 17.1 Å². The molecule has 5 nitrogen and oxygen atoms in total. The normalized spacial score (nSPS) is 10.0. The van der Waals surface area contributed by atoms with Crippen LogP contribution in [-0.4, -0.2) is 10.9 Å². The molecule has 1 aromatic heterocycles. The zero-order valence-corrected chi connectivity index (χ0v) is 14.8. The maximum absolute atomic E-state index is 12.4. The third kappa shape index (κ3) is 4.31. The van der Waals surface area contributed by atoms with Gasteiger partial charge in [0, 0.05) is 21.9 Å². The number of aromatic nitrogens is 1. The first-order valence-electron chi connectivity index (χ1n) is 7.54. The summed E-state index contributed by atoms with van der Waals surface area (Å²) in [5.41, 5.74) is 2.55. The Hall–Kier alpha value is -3.07. The first kappa shape index (κ1) is 17.7. The van der Waals surface area contributed by atoms with Crippen molar-refractivity contribution in [2.45, 2.75) is 0 Å². The number of nitriles is 1. The molecule has 0 atom stereocenters. The van der Waals surface area contributed by atoms with Crippen LogP contribution in [0.2, 0.25) is 10.0 Å². The van der Waals surface area contributed by atoms with Gasteiger partial charge in [0.25, 0.3) is 5.91 Å². The average Bonchev–Trinajstić information content (AvgIpc) is 2.61. The third-order valence-corrected chi connectivity index (χ3v) is 3.88. The first-order valence-corrected chi connectivity index (χ1v) is 8.29. The number of pyridine rings is 1. The summed E-state index contributed by atoms with van der Waals surface area (Å²) in [6, 6.07) is 15.6. The Kier molecular flexibility index (Phi) is 5.37. The number of hydrogen-bond donors (Lipinski definition) is 2. The summed E-state index contributed by atoms with van der Waals surface area (Å²) in [5.74, 6) is -0.354. The second-order valence-corrected chi connectivity index (χ2v) is 6.23. The van der Waals surface area contributed by atoms with E-state index in [0.717, 1.165) is 0 Å². The van der Waals surface area contributed by atoms with Crippen molar-refractivity contribution in [3.63, 3.8) is 0 Å². The molecule has 0 bridgehead atoms. The van der Waals surface area contributed by atoms with Crippen molar-refractivity contribution in [2.75, 3.05) is 10.6 Å². The number of nitrogens with zero attached hydrogens (tertiary/aromatic N) is 2. The molecule has 1 amide bonds. The molecule has 2 aromatic carbocycles. The molecule has 0 aliphatic carbocycles. The van der Waals surface area contributed by atoms with Crippen LogP contribution >= 0.6 is 23.2 Å². The van der Waals surface area contributed by atoms with E-state index in [1.165, 1.54) is 6.20 Å². The number of halogens is 2. The van der Waals surface area contributed by atoms with E-state index in [4.69, 9.17) is 28.5 Å². The van der Waals surface area contributed by atoms with Crippen LogP contribution in [0.5, 0.6) is 0 Å². The molecule has 0 radical (unpaired) electrons. The monoisotopic (exact) mass is 382 g/mol. The number of benzene rings is 2. The number of hydrogen-bond acceptors (Lipinski definition) is 4. The van der Waals surface area contributed by atoms with E-state index in [2.05, 4.69) is 21.7 Å². The fourth-order valence-corrected chi connectivity index (χ4v) is 2.83. The molecule has 0 saturated carbocycles. The molecule has 0 aliphatic rings. The summed E-state index contributed by atoms with van der Waals surface area (Å²) in [4.78, 5) is 16.5. The van der Waals surface area contributed by atoms with Crippen LogP contribution in [0.1, 0.15) is 15.9 Å². The maximum atomic E-state index is 12.4. The summed E-state index contributed by atoms with van der Waals surface area (Å²) in [6.45, 7) is 0. The van der Waals surface area contributed by atoms with Gasteiger partial charge in [-0.1, -0.05) is 35.3 Å². The van der Waals surface area contributed by atoms with Crippen molar-refractivity contribution in [3.05, 3.63) is 82.1 Å². The molecule has 128 valence electrons. The second kappa shape index (κ2) is 7.87. The standard InChI is InChI=1S/C19H12Cl2N4O/c20-14-6-15(21)8-16(7-14)25-19(26)13-5-17(11-23-10-13)24-18-4-2-1-3-12(18)9-22/h1-8,10-11,24H,(H,25,26). The van der Waals surface area contributed by atoms with E-state index in [9.17, 15) is 4.79 Å². The van der Waals surface area contributed by atoms with Crippen molar-refractivity contribution in [1.82, 2.24) is 4.98 Å². The van der Waals surface area contributed by atoms with Crippen molar-refractivity contribution in [2.24, 2.45) is 0 Å². The predicted molar refractivity (Wildman–Crippen MR) is 103 cm³/mol. The molecular formula is C19H12Cl2N4O. The largest absolute Gasteiger partial charge is 0.353 e. The van der Waals surface area contributed by atoms with Gasteiger partial charge in [-0.25, -0.2) is 0 Å². The number of carbonyl (C=O) groups is 1. The summed E-state index contributed by atoms with van der Waals surface area (Å²) < 4.78 is 0. The summed E-state index contributed by atoms with van der Waals surface area (Å²) in [5, 5.41) is 15.8. The lowest BCUT2D eigenvalue weighted by Gasteiger charge is -2.10. The molecule has 0 saturated heterocycles. The Morgan fingerprint density at radius 3 is 2.46 bits per heavy atom. The molecule has 26 heavy (non-hydrogen) atoms. The number of carbonyl (C=O) groups excluding carboxylic acids is 1. The Bertz CT molecular complexity index is 994. The number of para-hydroxylation sites is 1. The van der Waals surface area contributed by atoms with Gasteiger partial charge in [-0.2, -0.15) is 5.26 Å². The highest BCUT2D eigenvalue weighted by atomic mass is 35.5. The van der Waals surface area contributed by atoms with Gasteiger partial charge in [0.1, 0.15) is 6.07 Å². The van der Waals surface area contributed by atoms with Gasteiger partial charge in [-0.3, -0.25) is 9.78 Å². The third-order valence-electron chi connectivity index (χ3n) is 3.45. The Morgan fingerprint density at radius 2 is 1.73 bits per heavy atom.